The maximum Gasteiger partial charge on any atom is 0.395 e. The van der Waals surface area contributed by atoms with Crippen molar-refractivity contribution in [1.29, 1.82) is 0 Å². The van der Waals surface area contributed by atoms with E-state index in [0.29, 0.717) is 30.9 Å². The zero-order valence-electron chi connectivity index (χ0n) is 16.5. The van der Waals surface area contributed by atoms with Crippen LogP contribution in [0.2, 0.25) is 0 Å². The first-order chi connectivity index (χ1) is 13.7. The molecule has 0 spiro atoms. The number of nitrogens with zero attached hydrogens (tertiary/aromatic N) is 5. The molecular weight excluding hydrogens is 384 g/mol. The number of piperazine rings is 1. The number of hydrogen-bond donors (Lipinski definition) is 3. The van der Waals surface area contributed by atoms with Gasteiger partial charge in [0.1, 0.15) is 11.6 Å². The van der Waals surface area contributed by atoms with Gasteiger partial charge in [-0.05, 0) is 20.4 Å². The molecule has 158 valence electrons. The van der Waals surface area contributed by atoms with Crippen molar-refractivity contribution >= 4 is 41.3 Å². The summed E-state index contributed by atoms with van der Waals surface area (Å²) in [4.78, 5) is 59.4. The van der Waals surface area contributed by atoms with E-state index in [1.165, 1.54) is 0 Å². The normalized spacial score (nSPS) is 14.4. The van der Waals surface area contributed by atoms with Crippen LogP contribution in [0.5, 0.6) is 0 Å². The third-order valence-electron chi connectivity index (χ3n) is 4.54. The van der Waals surface area contributed by atoms with Crippen LogP contribution < -0.4 is 15.1 Å². The van der Waals surface area contributed by atoms with Gasteiger partial charge >= 0.3 is 23.8 Å². The second kappa shape index (κ2) is 9.28. The molecule has 12 heteroatoms. The van der Waals surface area contributed by atoms with Crippen molar-refractivity contribution in [3.05, 3.63) is 5.56 Å². The van der Waals surface area contributed by atoms with Gasteiger partial charge in [-0.15, -0.1) is 0 Å². The van der Waals surface area contributed by atoms with Crippen LogP contribution in [0.25, 0.3) is 0 Å². The fourth-order valence-electron chi connectivity index (χ4n) is 2.94. The first kappa shape index (κ1) is 22.0. The minimum absolute atomic E-state index is 0.0227. The van der Waals surface area contributed by atoms with E-state index in [0.717, 1.165) is 18.0 Å². The summed E-state index contributed by atoms with van der Waals surface area (Å²) in [6.07, 6.45) is 0.385. The Labute approximate surface area is 167 Å². The van der Waals surface area contributed by atoms with Crippen LogP contribution >= 0.6 is 0 Å². The number of rotatable bonds is 5. The first-order valence-electron chi connectivity index (χ1n) is 9.13. The Morgan fingerprint density at radius 3 is 2.14 bits per heavy atom. The lowest BCUT2D eigenvalue weighted by Crippen LogP contribution is -2.45. The van der Waals surface area contributed by atoms with Crippen LogP contribution in [-0.2, 0) is 25.6 Å². The summed E-state index contributed by atoms with van der Waals surface area (Å²) in [6.45, 7) is 6.08. The number of anilines is 3. The summed E-state index contributed by atoms with van der Waals surface area (Å²) in [5, 5.41) is 20.2. The standard InChI is InChI=1S/C17H24N6O6/c1-4-10-11(18-13(24)15(26)27)19-17(23(5-2)14(25)16(28)29)20-12(10)22-8-6-21(3)7-9-22/h4-9H2,1-3H3,(H,26,27)(H,28,29)(H,18,19,20,24). The van der Waals surface area contributed by atoms with Gasteiger partial charge in [0.2, 0.25) is 5.95 Å². The molecule has 1 aliphatic rings. The number of amides is 2. The topological polar surface area (TPSA) is 156 Å². The van der Waals surface area contributed by atoms with Crippen LogP contribution in [-0.4, -0.2) is 88.6 Å². The zero-order valence-corrected chi connectivity index (χ0v) is 16.5. The average Bonchev–Trinajstić information content (AvgIpc) is 2.68. The molecule has 29 heavy (non-hydrogen) atoms. The molecule has 0 unspecified atom stereocenters. The van der Waals surface area contributed by atoms with Crippen LogP contribution in [0.3, 0.4) is 0 Å². The van der Waals surface area contributed by atoms with Crippen LogP contribution in [0.15, 0.2) is 0 Å². The number of carbonyl (C=O) groups excluding carboxylic acids is 2. The summed E-state index contributed by atoms with van der Waals surface area (Å²) in [6, 6.07) is 0. The first-order valence-corrected chi connectivity index (χ1v) is 9.13. The molecule has 1 aliphatic heterocycles. The highest BCUT2D eigenvalue weighted by Gasteiger charge is 2.29. The van der Waals surface area contributed by atoms with Crippen LogP contribution in [0, 0.1) is 0 Å². The van der Waals surface area contributed by atoms with Crippen molar-refractivity contribution in [3.63, 3.8) is 0 Å². The SMILES string of the molecule is CCc1c(NC(=O)C(=O)O)nc(N(CC)C(=O)C(=O)O)nc1N1CCN(C)CC1. The number of carboxylic acid groups (broad SMARTS) is 2. The molecule has 2 heterocycles. The lowest BCUT2D eigenvalue weighted by molar-refractivity contribution is -0.148. The third-order valence-corrected chi connectivity index (χ3v) is 4.54. The Morgan fingerprint density at radius 1 is 1.03 bits per heavy atom. The quantitative estimate of drug-likeness (QED) is 0.530. The highest BCUT2D eigenvalue weighted by atomic mass is 16.4. The molecule has 0 saturated carbocycles. The molecule has 1 fully saturated rings. The Hall–Kier alpha value is -3.28. The largest absolute Gasteiger partial charge is 0.474 e. The molecule has 0 aromatic carbocycles. The summed E-state index contributed by atoms with van der Waals surface area (Å²) < 4.78 is 0. The molecule has 1 aromatic heterocycles. The monoisotopic (exact) mass is 408 g/mol. The van der Waals surface area contributed by atoms with Gasteiger partial charge in [-0.25, -0.2) is 9.59 Å². The van der Waals surface area contributed by atoms with E-state index in [2.05, 4.69) is 20.2 Å². The Bertz CT molecular complexity index is 821. The van der Waals surface area contributed by atoms with E-state index in [4.69, 9.17) is 10.2 Å². The van der Waals surface area contributed by atoms with Crippen molar-refractivity contribution in [3.8, 4) is 0 Å². The van der Waals surface area contributed by atoms with Crippen molar-refractivity contribution in [2.24, 2.45) is 0 Å². The molecular formula is C17H24N6O6. The summed E-state index contributed by atoms with van der Waals surface area (Å²) in [5.41, 5.74) is 0.506. The number of hydrogen-bond acceptors (Lipinski definition) is 8. The number of carbonyl (C=O) groups is 4. The average molecular weight is 408 g/mol. The number of nitrogens with one attached hydrogen (secondary N) is 1. The molecule has 0 aliphatic carbocycles. The lowest BCUT2D eigenvalue weighted by Gasteiger charge is -2.35. The van der Waals surface area contributed by atoms with E-state index in [1.54, 1.807) is 13.8 Å². The van der Waals surface area contributed by atoms with Gasteiger partial charge in [0.15, 0.2) is 0 Å². The number of aromatic nitrogens is 2. The van der Waals surface area contributed by atoms with Gasteiger partial charge in [-0.2, -0.15) is 9.97 Å². The Morgan fingerprint density at radius 2 is 1.66 bits per heavy atom. The van der Waals surface area contributed by atoms with Crippen molar-refractivity contribution in [2.75, 3.05) is 54.9 Å². The van der Waals surface area contributed by atoms with E-state index in [1.807, 2.05) is 11.9 Å². The van der Waals surface area contributed by atoms with Gasteiger partial charge in [0, 0.05) is 38.3 Å². The van der Waals surface area contributed by atoms with Gasteiger partial charge < -0.3 is 25.3 Å². The van der Waals surface area contributed by atoms with Crippen molar-refractivity contribution in [1.82, 2.24) is 14.9 Å². The fraction of sp³-hybridized carbons (Fsp3) is 0.529. The molecule has 0 bridgehead atoms. The molecule has 12 nitrogen and oxygen atoms in total. The van der Waals surface area contributed by atoms with Gasteiger partial charge in [0.25, 0.3) is 0 Å². The van der Waals surface area contributed by atoms with Crippen LogP contribution in [0.1, 0.15) is 19.4 Å². The second-order valence-corrected chi connectivity index (χ2v) is 6.43. The van der Waals surface area contributed by atoms with E-state index >= 15 is 0 Å². The summed E-state index contributed by atoms with van der Waals surface area (Å²) in [7, 11) is 1.98. The minimum Gasteiger partial charge on any atom is -0.474 e. The summed E-state index contributed by atoms with van der Waals surface area (Å²) in [5.74, 6) is -5.72. The van der Waals surface area contributed by atoms with E-state index < -0.39 is 23.8 Å². The molecule has 0 atom stereocenters. The Balaban J connectivity index is 2.60. The fourth-order valence-corrected chi connectivity index (χ4v) is 2.94. The van der Waals surface area contributed by atoms with Crippen molar-refractivity contribution < 1.29 is 29.4 Å². The van der Waals surface area contributed by atoms with Gasteiger partial charge in [-0.3, -0.25) is 14.5 Å². The smallest absolute Gasteiger partial charge is 0.395 e. The molecule has 1 aromatic rings. The Kier molecular flexibility index (Phi) is 7.04. The lowest BCUT2D eigenvalue weighted by atomic mass is 10.2. The molecule has 1 saturated heterocycles. The summed E-state index contributed by atoms with van der Waals surface area (Å²) >= 11 is 0. The van der Waals surface area contributed by atoms with Gasteiger partial charge in [-0.1, -0.05) is 6.92 Å². The number of likely N-dealkylation sites (N-methyl/N-ethyl adjacent to an activating group) is 2. The highest BCUT2D eigenvalue weighted by Crippen LogP contribution is 2.29. The molecule has 3 N–H and O–H groups in total. The molecule has 2 rings (SSSR count). The highest BCUT2D eigenvalue weighted by molar-refractivity contribution is 6.37. The number of carboxylic acids is 2. The molecule has 2 amide bonds. The maximum absolute atomic E-state index is 12.0. The van der Waals surface area contributed by atoms with Crippen LogP contribution in [0.4, 0.5) is 17.6 Å². The third kappa shape index (κ3) is 4.96. The molecule has 0 radical (unpaired) electrons. The maximum atomic E-state index is 12.0. The number of aliphatic carboxylic acids is 2. The van der Waals surface area contributed by atoms with Gasteiger partial charge in [0.05, 0.1) is 0 Å². The minimum atomic E-state index is -1.69. The second-order valence-electron chi connectivity index (χ2n) is 6.43. The zero-order chi connectivity index (χ0) is 21.7. The predicted octanol–water partition coefficient (Wildman–Crippen LogP) is -0.749. The van der Waals surface area contributed by atoms with Crippen molar-refractivity contribution in [2.45, 2.75) is 20.3 Å². The predicted molar refractivity (Wildman–Crippen MR) is 103 cm³/mol. The van der Waals surface area contributed by atoms with E-state index in [-0.39, 0.29) is 18.3 Å². The van der Waals surface area contributed by atoms with E-state index in [9.17, 15) is 19.2 Å².